The van der Waals surface area contributed by atoms with Gasteiger partial charge in [0, 0.05) is 19.0 Å². The molecule has 0 bridgehead atoms. The number of hydrogen-bond acceptors (Lipinski definition) is 5. The van der Waals surface area contributed by atoms with E-state index in [0.29, 0.717) is 13.0 Å². The Hall–Kier alpha value is -1.85. The third kappa shape index (κ3) is 3.58. The van der Waals surface area contributed by atoms with Gasteiger partial charge in [0.15, 0.2) is 0 Å². The molecule has 0 radical (unpaired) electrons. The topological polar surface area (TPSA) is 87.6 Å². The molecule has 1 aromatic heterocycles. The van der Waals surface area contributed by atoms with Crippen LogP contribution >= 0.6 is 0 Å². The highest BCUT2D eigenvalue weighted by molar-refractivity contribution is 5.80. The molecule has 0 saturated carbocycles. The lowest BCUT2D eigenvalue weighted by Gasteiger charge is -2.27. The Balaban J connectivity index is 2.87. The van der Waals surface area contributed by atoms with Gasteiger partial charge in [0.25, 0.3) is 0 Å². The van der Waals surface area contributed by atoms with Crippen molar-refractivity contribution in [2.24, 2.45) is 10.9 Å². The number of aryl methyl sites for hydroxylation is 2. The molecule has 0 spiro atoms. The van der Waals surface area contributed by atoms with Gasteiger partial charge in [0.2, 0.25) is 0 Å². The van der Waals surface area contributed by atoms with Crippen LogP contribution in [0.2, 0.25) is 0 Å². The van der Waals surface area contributed by atoms with Crippen LogP contribution in [-0.2, 0) is 0 Å². The van der Waals surface area contributed by atoms with E-state index in [0.717, 1.165) is 17.2 Å². The summed E-state index contributed by atoms with van der Waals surface area (Å²) in [4.78, 5) is 10.9. The minimum absolute atomic E-state index is 0.220. The number of aromatic nitrogens is 2. The van der Waals surface area contributed by atoms with Crippen molar-refractivity contribution in [3.8, 4) is 0 Å². The first-order valence-electron chi connectivity index (χ1n) is 5.99. The SMILES string of the molecule is Cc1ncc(N(CCC(N)=NO)C(C)C)nc1C. The van der Waals surface area contributed by atoms with Crippen LogP contribution in [0.1, 0.15) is 31.7 Å². The maximum Gasteiger partial charge on any atom is 0.147 e. The molecule has 0 amide bonds. The molecule has 0 fully saturated rings. The standard InChI is InChI=1S/C12H21N5O/c1-8(2)17(6-5-11(13)16-18)12-7-14-9(3)10(4)15-12/h7-8,18H,5-6H2,1-4H3,(H2,13,16). The van der Waals surface area contributed by atoms with Gasteiger partial charge in [-0.25, -0.2) is 4.98 Å². The number of hydrogen-bond donors (Lipinski definition) is 2. The number of anilines is 1. The summed E-state index contributed by atoms with van der Waals surface area (Å²) in [7, 11) is 0. The molecule has 1 aromatic rings. The largest absolute Gasteiger partial charge is 0.409 e. The van der Waals surface area contributed by atoms with Crippen molar-refractivity contribution >= 4 is 11.7 Å². The van der Waals surface area contributed by atoms with Crippen molar-refractivity contribution in [2.75, 3.05) is 11.4 Å². The quantitative estimate of drug-likeness (QED) is 0.358. The average Bonchev–Trinajstić information content (AvgIpc) is 2.33. The van der Waals surface area contributed by atoms with Crippen molar-refractivity contribution in [2.45, 2.75) is 40.2 Å². The molecule has 0 aromatic carbocycles. The molecule has 0 unspecified atom stereocenters. The first-order valence-corrected chi connectivity index (χ1v) is 5.99. The van der Waals surface area contributed by atoms with Crippen molar-refractivity contribution in [1.29, 1.82) is 0 Å². The highest BCUT2D eigenvalue weighted by Gasteiger charge is 2.13. The van der Waals surface area contributed by atoms with Crippen LogP contribution < -0.4 is 10.6 Å². The van der Waals surface area contributed by atoms with Crippen LogP contribution in [0, 0.1) is 13.8 Å². The molecule has 0 aliphatic rings. The molecule has 100 valence electrons. The van der Waals surface area contributed by atoms with E-state index in [1.54, 1.807) is 6.20 Å². The van der Waals surface area contributed by atoms with Gasteiger partial charge in [0.1, 0.15) is 11.7 Å². The molecule has 18 heavy (non-hydrogen) atoms. The van der Waals surface area contributed by atoms with E-state index < -0.39 is 0 Å². The van der Waals surface area contributed by atoms with Crippen molar-refractivity contribution in [1.82, 2.24) is 9.97 Å². The molecule has 6 nitrogen and oxygen atoms in total. The first kappa shape index (κ1) is 14.2. The summed E-state index contributed by atoms with van der Waals surface area (Å²) in [6, 6.07) is 0.271. The summed E-state index contributed by atoms with van der Waals surface area (Å²) in [6.07, 6.45) is 2.25. The molecule has 0 saturated heterocycles. The molecule has 0 aliphatic heterocycles. The number of rotatable bonds is 5. The lowest BCUT2D eigenvalue weighted by atomic mass is 10.2. The third-order valence-electron chi connectivity index (χ3n) is 2.83. The summed E-state index contributed by atoms with van der Waals surface area (Å²) >= 11 is 0. The summed E-state index contributed by atoms with van der Waals surface area (Å²) in [5, 5.41) is 11.5. The molecule has 1 rings (SSSR count). The minimum Gasteiger partial charge on any atom is -0.409 e. The Morgan fingerprint density at radius 3 is 2.61 bits per heavy atom. The zero-order chi connectivity index (χ0) is 13.7. The second-order valence-electron chi connectivity index (χ2n) is 4.53. The minimum atomic E-state index is 0.220. The van der Waals surface area contributed by atoms with Gasteiger partial charge in [-0.1, -0.05) is 5.16 Å². The Morgan fingerprint density at radius 2 is 2.11 bits per heavy atom. The Labute approximate surface area is 108 Å². The average molecular weight is 251 g/mol. The monoisotopic (exact) mass is 251 g/mol. The van der Waals surface area contributed by atoms with Gasteiger partial charge in [-0.2, -0.15) is 0 Å². The second kappa shape index (κ2) is 6.18. The van der Waals surface area contributed by atoms with Gasteiger partial charge < -0.3 is 15.8 Å². The lowest BCUT2D eigenvalue weighted by Crippen LogP contribution is -2.35. The fraction of sp³-hybridized carbons (Fsp3) is 0.583. The highest BCUT2D eigenvalue weighted by Crippen LogP contribution is 2.15. The zero-order valence-electron chi connectivity index (χ0n) is 11.4. The number of oxime groups is 1. The number of nitrogens with two attached hydrogens (primary N) is 1. The van der Waals surface area contributed by atoms with E-state index in [2.05, 4.69) is 33.9 Å². The highest BCUT2D eigenvalue weighted by atomic mass is 16.4. The van der Waals surface area contributed by atoms with Gasteiger partial charge in [-0.3, -0.25) is 4.98 Å². The van der Waals surface area contributed by atoms with Gasteiger partial charge in [0.05, 0.1) is 17.6 Å². The predicted molar refractivity (Wildman–Crippen MR) is 72.0 cm³/mol. The van der Waals surface area contributed by atoms with E-state index in [4.69, 9.17) is 10.9 Å². The van der Waals surface area contributed by atoms with Crippen molar-refractivity contribution < 1.29 is 5.21 Å². The normalized spacial score (nSPS) is 11.9. The molecule has 3 N–H and O–H groups in total. The van der Waals surface area contributed by atoms with E-state index in [1.807, 2.05) is 13.8 Å². The predicted octanol–water partition coefficient (Wildman–Crippen LogP) is 1.44. The zero-order valence-corrected chi connectivity index (χ0v) is 11.4. The van der Waals surface area contributed by atoms with Gasteiger partial charge >= 0.3 is 0 Å². The van der Waals surface area contributed by atoms with Crippen LogP contribution in [0.25, 0.3) is 0 Å². The fourth-order valence-electron chi connectivity index (χ4n) is 1.59. The Bertz CT molecular complexity index is 430. The molecular weight excluding hydrogens is 230 g/mol. The lowest BCUT2D eigenvalue weighted by molar-refractivity contribution is 0.317. The van der Waals surface area contributed by atoms with Crippen LogP contribution in [0.5, 0.6) is 0 Å². The van der Waals surface area contributed by atoms with Gasteiger partial charge in [-0.15, -0.1) is 0 Å². The summed E-state index contributed by atoms with van der Waals surface area (Å²) in [5.41, 5.74) is 7.34. The number of amidine groups is 1. The van der Waals surface area contributed by atoms with Crippen LogP contribution in [0.3, 0.4) is 0 Å². The van der Waals surface area contributed by atoms with E-state index in [1.165, 1.54) is 0 Å². The first-order chi connectivity index (χ1) is 8.45. The molecule has 0 aliphatic carbocycles. The second-order valence-corrected chi connectivity index (χ2v) is 4.53. The maximum atomic E-state index is 8.55. The molecule has 0 atom stereocenters. The van der Waals surface area contributed by atoms with Crippen LogP contribution in [0.4, 0.5) is 5.82 Å². The van der Waals surface area contributed by atoms with E-state index >= 15 is 0 Å². The van der Waals surface area contributed by atoms with Crippen LogP contribution in [-0.4, -0.2) is 33.6 Å². The van der Waals surface area contributed by atoms with E-state index in [-0.39, 0.29) is 11.9 Å². The Kier molecular flexibility index (Phi) is 4.88. The van der Waals surface area contributed by atoms with Crippen molar-refractivity contribution in [3.05, 3.63) is 17.6 Å². The van der Waals surface area contributed by atoms with Crippen molar-refractivity contribution in [3.63, 3.8) is 0 Å². The Morgan fingerprint density at radius 1 is 1.44 bits per heavy atom. The van der Waals surface area contributed by atoms with E-state index in [9.17, 15) is 0 Å². The van der Waals surface area contributed by atoms with Gasteiger partial charge in [-0.05, 0) is 27.7 Å². The smallest absolute Gasteiger partial charge is 0.147 e. The number of nitrogens with zero attached hydrogens (tertiary/aromatic N) is 4. The molecule has 6 heteroatoms. The maximum absolute atomic E-state index is 8.55. The third-order valence-corrected chi connectivity index (χ3v) is 2.83. The summed E-state index contributed by atoms with van der Waals surface area (Å²) in [5.74, 6) is 1.04. The summed E-state index contributed by atoms with van der Waals surface area (Å²) in [6.45, 7) is 8.66. The fourth-order valence-corrected chi connectivity index (χ4v) is 1.59. The summed E-state index contributed by atoms with van der Waals surface area (Å²) < 4.78 is 0. The molecule has 1 heterocycles. The molecular formula is C12H21N5O. The van der Waals surface area contributed by atoms with Crippen LogP contribution in [0.15, 0.2) is 11.4 Å².